The monoisotopic (exact) mass is 254 g/mol. The lowest BCUT2D eigenvalue weighted by Crippen LogP contribution is -2.43. The van der Waals surface area contributed by atoms with Gasteiger partial charge in [0, 0.05) is 11.1 Å². The lowest BCUT2D eigenvalue weighted by atomic mass is 10.1. The van der Waals surface area contributed by atoms with Crippen LogP contribution >= 0.6 is 11.6 Å². The van der Waals surface area contributed by atoms with Gasteiger partial charge in [-0.3, -0.25) is 0 Å². The van der Waals surface area contributed by atoms with Gasteiger partial charge in [-0.25, -0.2) is 4.79 Å². The number of nitrogens with one attached hydrogen (secondary N) is 2. The molecule has 17 heavy (non-hydrogen) atoms. The third-order valence-corrected chi connectivity index (χ3v) is 2.94. The first-order valence-corrected chi connectivity index (χ1v) is 6.06. The highest BCUT2D eigenvalue weighted by molar-refractivity contribution is 6.30. The highest BCUT2D eigenvalue weighted by atomic mass is 35.5. The fraction of sp³-hybridized carbons (Fsp3) is 0.417. The van der Waals surface area contributed by atoms with Crippen LogP contribution in [0.5, 0.6) is 5.75 Å². The molecule has 1 amide bonds. The van der Waals surface area contributed by atoms with Crippen molar-refractivity contribution in [2.75, 3.05) is 13.1 Å². The van der Waals surface area contributed by atoms with Gasteiger partial charge in [0.25, 0.3) is 0 Å². The van der Waals surface area contributed by atoms with E-state index in [4.69, 9.17) is 16.3 Å². The maximum atomic E-state index is 11.6. The van der Waals surface area contributed by atoms with Crippen molar-refractivity contribution < 1.29 is 9.53 Å². The number of halogens is 1. The Morgan fingerprint density at radius 3 is 2.59 bits per heavy atom. The quantitative estimate of drug-likeness (QED) is 0.851. The first kappa shape index (κ1) is 12.2. The van der Waals surface area contributed by atoms with Crippen LogP contribution in [-0.2, 0) is 0 Å². The van der Waals surface area contributed by atoms with Crippen LogP contribution in [-0.4, -0.2) is 25.2 Å². The summed E-state index contributed by atoms with van der Waals surface area (Å²) >= 11 is 5.74. The molecule has 92 valence electrons. The standard InChI is InChI=1S/C12H15ClN2O2/c13-9-1-3-11(4-2-9)17-12(16)15-10-5-7-14-8-6-10/h1-4,10,14H,5-8H2,(H,15,16). The van der Waals surface area contributed by atoms with Crippen LogP contribution in [0, 0.1) is 0 Å². The average molecular weight is 255 g/mol. The number of piperidine rings is 1. The summed E-state index contributed by atoms with van der Waals surface area (Å²) in [5, 5.41) is 6.71. The molecular formula is C12H15ClN2O2. The van der Waals surface area contributed by atoms with Gasteiger partial charge >= 0.3 is 6.09 Å². The topological polar surface area (TPSA) is 50.4 Å². The number of hydrogen-bond donors (Lipinski definition) is 2. The van der Waals surface area contributed by atoms with Crippen LogP contribution in [0.2, 0.25) is 5.02 Å². The minimum Gasteiger partial charge on any atom is -0.410 e. The molecule has 1 fully saturated rings. The van der Waals surface area contributed by atoms with Gasteiger partial charge in [0.05, 0.1) is 0 Å². The number of carbonyl (C=O) groups excluding carboxylic acids is 1. The van der Waals surface area contributed by atoms with E-state index in [2.05, 4.69) is 10.6 Å². The van der Waals surface area contributed by atoms with Crippen molar-refractivity contribution in [3.05, 3.63) is 29.3 Å². The number of amides is 1. The molecule has 0 aliphatic carbocycles. The SMILES string of the molecule is O=C(NC1CCNCC1)Oc1ccc(Cl)cc1. The maximum absolute atomic E-state index is 11.6. The highest BCUT2D eigenvalue weighted by Gasteiger charge is 2.16. The first-order valence-electron chi connectivity index (χ1n) is 5.69. The molecule has 1 aromatic carbocycles. The Morgan fingerprint density at radius 2 is 1.94 bits per heavy atom. The van der Waals surface area contributed by atoms with Gasteiger partial charge < -0.3 is 15.4 Å². The lowest BCUT2D eigenvalue weighted by Gasteiger charge is -2.23. The maximum Gasteiger partial charge on any atom is 0.412 e. The molecule has 0 atom stereocenters. The number of benzene rings is 1. The normalized spacial score (nSPS) is 16.5. The molecule has 5 heteroatoms. The van der Waals surface area contributed by atoms with Gasteiger partial charge in [0.2, 0.25) is 0 Å². The van der Waals surface area contributed by atoms with Gasteiger partial charge in [-0.1, -0.05) is 11.6 Å². The molecule has 2 rings (SSSR count). The van der Waals surface area contributed by atoms with Crippen LogP contribution < -0.4 is 15.4 Å². The molecule has 1 heterocycles. The summed E-state index contributed by atoms with van der Waals surface area (Å²) in [7, 11) is 0. The first-order chi connectivity index (χ1) is 8.24. The van der Waals surface area contributed by atoms with Crippen molar-refractivity contribution in [1.29, 1.82) is 0 Å². The Labute approximate surface area is 105 Å². The van der Waals surface area contributed by atoms with Crippen LogP contribution in [0.4, 0.5) is 4.79 Å². The molecule has 0 aromatic heterocycles. The molecule has 1 saturated heterocycles. The molecule has 0 bridgehead atoms. The van der Waals surface area contributed by atoms with Crippen molar-refractivity contribution in [1.82, 2.24) is 10.6 Å². The second-order valence-electron chi connectivity index (χ2n) is 4.01. The molecule has 0 unspecified atom stereocenters. The van der Waals surface area contributed by atoms with E-state index in [1.807, 2.05) is 0 Å². The number of ether oxygens (including phenoxy) is 1. The smallest absolute Gasteiger partial charge is 0.410 e. The van der Waals surface area contributed by atoms with E-state index in [1.54, 1.807) is 24.3 Å². The second kappa shape index (κ2) is 5.89. The molecule has 2 N–H and O–H groups in total. The predicted octanol–water partition coefficient (Wildman–Crippen LogP) is 2.18. The number of rotatable bonds is 2. The molecule has 0 spiro atoms. The Morgan fingerprint density at radius 1 is 1.29 bits per heavy atom. The van der Waals surface area contributed by atoms with Gasteiger partial charge in [-0.2, -0.15) is 0 Å². The lowest BCUT2D eigenvalue weighted by molar-refractivity contribution is 0.193. The second-order valence-corrected chi connectivity index (χ2v) is 4.45. The van der Waals surface area contributed by atoms with Crippen molar-refractivity contribution in [3.8, 4) is 5.75 Å². The zero-order valence-electron chi connectivity index (χ0n) is 9.41. The van der Waals surface area contributed by atoms with Crippen molar-refractivity contribution >= 4 is 17.7 Å². The highest BCUT2D eigenvalue weighted by Crippen LogP contribution is 2.15. The van der Waals surface area contributed by atoms with Gasteiger partial charge in [0.1, 0.15) is 5.75 Å². The summed E-state index contributed by atoms with van der Waals surface area (Å²) in [6.07, 6.45) is 1.48. The van der Waals surface area contributed by atoms with Crippen molar-refractivity contribution in [2.45, 2.75) is 18.9 Å². The molecule has 1 aliphatic rings. The Balaban J connectivity index is 1.82. The van der Waals surface area contributed by atoms with E-state index in [0.29, 0.717) is 10.8 Å². The summed E-state index contributed by atoms with van der Waals surface area (Å²) in [5.41, 5.74) is 0. The Bertz CT molecular complexity index is 375. The number of carbonyl (C=O) groups is 1. The van der Waals surface area contributed by atoms with Crippen LogP contribution in [0.3, 0.4) is 0 Å². The molecule has 4 nitrogen and oxygen atoms in total. The van der Waals surface area contributed by atoms with Gasteiger partial charge in [-0.15, -0.1) is 0 Å². The molecule has 0 radical (unpaired) electrons. The fourth-order valence-corrected chi connectivity index (χ4v) is 1.90. The van der Waals surface area contributed by atoms with E-state index < -0.39 is 6.09 Å². The minimum absolute atomic E-state index is 0.205. The Kier molecular flexibility index (Phi) is 4.23. The van der Waals surface area contributed by atoms with E-state index in [9.17, 15) is 4.79 Å². The summed E-state index contributed by atoms with van der Waals surface area (Å²) in [5.74, 6) is 0.501. The summed E-state index contributed by atoms with van der Waals surface area (Å²) in [6.45, 7) is 1.87. The Hall–Kier alpha value is -1.26. The number of hydrogen-bond acceptors (Lipinski definition) is 3. The van der Waals surface area contributed by atoms with E-state index in [-0.39, 0.29) is 6.04 Å². The van der Waals surface area contributed by atoms with Gasteiger partial charge in [0.15, 0.2) is 0 Å². The van der Waals surface area contributed by atoms with E-state index in [1.165, 1.54) is 0 Å². The van der Waals surface area contributed by atoms with Crippen LogP contribution in [0.25, 0.3) is 0 Å². The third-order valence-electron chi connectivity index (χ3n) is 2.69. The molecule has 1 aromatic rings. The van der Waals surface area contributed by atoms with Crippen molar-refractivity contribution in [3.63, 3.8) is 0 Å². The van der Waals surface area contributed by atoms with Crippen LogP contribution in [0.1, 0.15) is 12.8 Å². The molecule has 0 saturated carbocycles. The summed E-state index contributed by atoms with van der Waals surface area (Å²) in [6, 6.07) is 6.92. The molecular weight excluding hydrogens is 240 g/mol. The van der Waals surface area contributed by atoms with E-state index >= 15 is 0 Å². The predicted molar refractivity (Wildman–Crippen MR) is 66.5 cm³/mol. The summed E-state index contributed by atoms with van der Waals surface area (Å²) in [4.78, 5) is 11.6. The summed E-state index contributed by atoms with van der Waals surface area (Å²) < 4.78 is 5.14. The zero-order chi connectivity index (χ0) is 12.1. The zero-order valence-corrected chi connectivity index (χ0v) is 10.2. The third kappa shape index (κ3) is 3.91. The molecule has 1 aliphatic heterocycles. The average Bonchev–Trinajstić information content (AvgIpc) is 2.33. The van der Waals surface area contributed by atoms with E-state index in [0.717, 1.165) is 25.9 Å². The minimum atomic E-state index is -0.403. The van der Waals surface area contributed by atoms with Crippen molar-refractivity contribution in [2.24, 2.45) is 0 Å². The van der Waals surface area contributed by atoms with Gasteiger partial charge in [-0.05, 0) is 50.2 Å². The van der Waals surface area contributed by atoms with Crippen LogP contribution in [0.15, 0.2) is 24.3 Å². The fourth-order valence-electron chi connectivity index (χ4n) is 1.77. The largest absolute Gasteiger partial charge is 0.412 e.